The van der Waals surface area contributed by atoms with E-state index in [0.717, 1.165) is 4.90 Å². The number of carboxylic acids is 1. The quantitative estimate of drug-likeness (QED) is 0.760. The van der Waals surface area contributed by atoms with Crippen molar-refractivity contribution < 1.29 is 24.2 Å². The fourth-order valence-electron chi connectivity index (χ4n) is 2.20. The number of nitrogens with zero attached hydrogens (tertiary/aromatic N) is 1. The van der Waals surface area contributed by atoms with Crippen LogP contribution in [0.1, 0.15) is 12.0 Å². The van der Waals surface area contributed by atoms with Crippen LogP contribution in [0.5, 0.6) is 0 Å². The second kappa shape index (κ2) is 5.46. The summed E-state index contributed by atoms with van der Waals surface area (Å²) in [5.41, 5.74) is 0.549. The number of aliphatic hydroxyl groups excluding tert-OH is 1. The van der Waals surface area contributed by atoms with Crippen molar-refractivity contribution in [2.45, 2.75) is 25.5 Å². The van der Waals surface area contributed by atoms with Gasteiger partial charge in [0.25, 0.3) is 0 Å². The molecule has 0 radical (unpaired) electrons. The molecular weight excluding hydrogens is 267 g/mol. The number of hydrogen-bond donors (Lipinski definition) is 3. The van der Waals surface area contributed by atoms with Gasteiger partial charge < -0.3 is 20.4 Å². The van der Waals surface area contributed by atoms with E-state index in [0.29, 0.717) is 0 Å². The highest BCUT2D eigenvalue weighted by Crippen LogP contribution is 2.22. The second-order valence-corrected chi connectivity index (χ2v) is 4.74. The molecule has 0 aliphatic carbocycles. The molecule has 1 aromatic rings. The maximum absolute atomic E-state index is 13.4. The average Bonchev–Trinajstić information content (AvgIpc) is 2.77. The number of aliphatic hydroxyl groups is 1. The van der Waals surface area contributed by atoms with E-state index in [-0.39, 0.29) is 24.2 Å². The number of carbonyl (C=O) groups is 2. The Hall–Kier alpha value is -2.15. The van der Waals surface area contributed by atoms with E-state index < -0.39 is 30.0 Å². The number of carbonyl (C=O) groups excluding carboxylic acids is 1. The van der Waals surface area contributed by atoms with Crippen LogP contribution in [-0.2, 0) is 4.79 Å². The number of hydrogen-bond acceptors (Lipinski definition) is 3. The first-order valence-electron chi connectivity index (χ1n) is 6.13. The van der Waals surface area contributed by atoms with Crippen LogP contribution in [0.4, 0.5) is 14.9 Å². The predicted octanol–water partition coefficient (Wildman–Crippen LogP) is 1.19. The van der Waals surface area contributed by atoms with Gasteiger partial charge in [0.05, 0.1) is 6.10 Å². The highest BCUT2D eigenvalue weighted by atomic mass is 19.1. The minimum absolute atomic E-state index is 0.00904. The monoisotopic (exact) mass is 282 g/mol. The van der Waals surface area contributed by atoms with Gasteiger partial charge in [0, 0.05) is 24.2 Å². The zero-order valence-corrected chi connectivity index (χ0v) is 10.8. The van der Waals surface area contributed by atoms with Crippen molar-refractivity contribution in [1.29, 1.82) is 0 Å². The third-order valence-corrected chi connectivity index (χ3v) is 3.33. The zero-order chi connectivity index (χ0) is 14.9. The van der Waals surface area contributed by atoms with Gasteiger partial charge in [-0.2, -0.15) is 0 Å². The highest BCUT2D eigenvalue weighted by molar-refractivity contribution is 5.93. The second-order valence-electron chi connectivity index (χ2n) is 4.74. The van der Waals surface area contributed by atoms with Gasteiger partial charge in [-0.25, -0.2) is 14.0 Å². The van der Waals surface area contributed by atoms with Gasteiger partial charge in [0.15, 0.2) is 0 Å². The summed E-state index contributed by atoms with van der Waals surface area (Å²) in [7, 11) is 0. The van der Waals surface area contributed by atoms with Crippen molar-refractivity contribution in [3.8, 4) is 0 Å². The maximum atomic E-state index is 13.4. The summed E-state index contributed by atoms with van der Waals surface area (Å²) in [6.07, 6.45) is -0.874. The van der Waals surface area contributed by atoms with Crippen molar-refractivity contribution in [1.82, 2.24) is 4.90 Å². The molecule has 1 fully saturated rings. The largest absolute Gasteiger partial charge is 0.480 e. The third-order valence-electron chi connectivity index (χ3n) is 3.33. The van der Waals surface area contributed by atoms with Gasteiger partial charge in [-0.05, 0) is 19.1 Å². The van der Waals surface area contributed by atoms with Gasteiger partial charge in [-0.3, -0.25) is 0 Å². The molecule has 108 valence electrons. The zero-order valence-electron chi connectivity index (χ0n) is 10.8. The number of carboxylic acid groups (broad SMARTS) is 1. The van der Waals surface area contributed by atoms with Crippen LogP contribution >= 0.6 is 0 Å². The summed E-state index contributed by atoms with van der Waals surface area (Å²) in [4.78, 5) is 24.1. The summed E-state index contributed by atoms with van der Waals surface area (Å²) in [6.45, 7) is 1.45. The lowest BCUT2D eigenvalue weighted by molar-refractivity contribution is -0.141. The smallest absolute Gasteiger partial charge is 0.326 e. The summed E-state index contributed by atoms with van der Waals surface area (Å²) < 4.78 is 13.4. The number of benzene rings is 1. The molecular formula is C13H15FN2O4. The molecule has 1 heterocycles. The van der Waals surface area contributed by atoms with Crippen molar-refractivity contribution >= 4 is 17.7 Å². The topological polar surface area (TPSA) is 89.9 Å². The number of halogens is 1. The van der Waals surface area contributed by atoms with Crippen LogP contribution in [0.25, 0.3) is 0 Å². The molecule has 0 saturated carbocycles. The molecule has 0 bridgehead atoms. The Morgan fingerprint density at radius 3 is 2.80 bits per heavy atom. The van der Waals surface area contributed by atoms with Gasteiger partial charge in [0.1, 0.15) is 11.9 Å². The number of β-amino-alcohol motifs (C(OH)–C–C–N with tert-alkyl or cyclic N) is 1. The Kier molecular flexibility index (Phi) is 3.89. The van der Waals surface area contributed by atoms with E-state index in [4.69, 9.17) is 5.11 Å². The summed E-state index contributed by atoms with van der Waals surface area (Å²) in [6, 6.07) is 2.51. The minimum atomic E-state index is -1.17. The molecule has 2 unspecified atom stereocenters. The van der Waals surface area contributed by atoms with E-state index >= 15 is 0 Å². The molecule has 2 amide bonds. The van der Waals surface area contributed by atoms with E-state index in [1.807, 2.05) is 0 Å². The fraction of sp³-hybridized carbons (Fsp3) is 0.385. The van der Waals surface area contributed by atoms with E-state index in [1.165, 1.54) is 25.1 Å². The van der Waals surface area contributed by atoms with E-state index in [1.54, 1.807) is 0 Å². The van der Waals surface area contributed by atoms with Gasteiger partial charge >= 0.3 is 12.0 Å². The van der Waals surface area contributed by atoms with E-state index in [2.05, 4.69) is 5.32 Å². The fourth-order valence-corrected chi connectivity index (χ4v) is 2.20. The Morgan fingerprint density at radius 2 is 2.15 bits per heavy atom. The first kappa shape index (κ1) is 14.3. The summed E-state index contributed by atoms with van der Waals surface area (Å²) in [5.74, 6) is -1.63. The lowest BCUT2D eigenvalue weighted by atomic mass is 10.2. The van der Waals surface area contributed by atoms with Crippen LogP contribution < -0.4 is 5.32 Å². The summed E-state index contributed by atoms with van der Waals surface area (Å²) >= 11 is 0. The van der Waals surface area contributed by atoms with Crippen LogP contribution in [0.2, 0.25) is 0 Å². The predicted molar refractivity (Wildman–Crippen MR) is 68.9 cm³/mol. The highest BCUT2D eigenvalue weighted by Gasteiger charge is 2.39. The Morgan fingerprint density at radius 1 is 1.45 bits per heavy atom. The van der Waals surface area contributed by atoms with Crippen LogP contribution in [0.15, 0.2) is 18.2 Å². The molecule has 3 N–H and O–H groups in total. The number of likely N-dealkylation sites (tertiary alicyclic amines) is 1. The van der Waals surface area contributed by atoms with Crippen LogP contribution in [0.3, 0.4) is 0 Å². The van der Waals surface area contributed by atoms with Crippen molar-refractivity contribution in [3.05, 3.63) is 29.6 Å². The molecule has 1 aliphatic heterocycles. The van der Waals surface area contributed by atoms with Gasteiger partial charge in [0.2, 0.25) is 0 Å². The normalized spacial score (nSPS) is 21.9. The van der Waals surface area contributed by atoms with Crippen LogP contribution in [-0.4, -0.2) is 45.8 Å². The van der Waals surface area contributed by atoms with E-state index in [9.17, 15) is 19.1 Å². The standard InChI is InChI=1S/C13H15FN2O4/c1-7-9(14)3-2-4-10(7)15-13(20)16-6-8(17)5-11(16)12(18)19/h2-4,8,11,17H,5-6H2,1H3,(H,15,20)(H,18,19). The molecule has 0 spiro atoms. The van der Waals surface area contributed by atoms with Crippen molar-refractivity contribution in [2.24, 2.45) is 0 Å². The molecule has 7 heteroatoms. The molecule has 0 aromatic heterocycles. The van der Waals surface area contributed by atoms with Crippen LogP contribution in [0, 0.1) is 12.7 Å². The van der Waals surface area contributed by atoms with Crippen molar-refractivity contribution in [3.63, 3.8) is 0 Å². The summed E-state index contributed by atoms with van der Waals surface area (Å²) in [5, 5.41) is 21.0. The first-order valence-corrected chi connectivity index (χ1v) is 6.13. The Labute approximate surface area is 114 Å². The molecule has 1 aliphatic rings. The minimum Gasteiger partial charge on any atom is -0.480 e. The SMILES string of the molecule is Cc1c(F)cccc1NC(=O)N1CC(O)CC1C(=O)O. The maximum Gasteiger partial charge on any atom is 0.326 e. The average molecular weight is 282 g/mol. The van der Waals surface area contributed by atoms with Crippen molar-refractivity contribution in [2.75, 3.05) is 11.9 Å². The molecule has 1 saturated heterocycles. The van der Waals surface area contributed by atoms with Gasteiger partial charge in [-0.15, -0.1) is 0 Å². The molecule has 2 rings (SSSR count). The molecule has 20 heavy (non-hydrogen) atoms. The number of nitrogens with one attached hydrogen (secondary N) is 1. The number of amides is 2. The lowest BCUT2D eigenvalue weighted by Crippen LogP contribution is -2.43. The Bertz CT molecular complexity index is 549. The van der Waals surface area contributed by atoms with Gasteiger partial charge in [-0.1, -0.05) is 6.07 Å². The molecule has 1 aromatic carbocycles. The number of aliphatic carboxylic acids is 1. The third kappa shape index (κ3) is 2.72. The number of anilines is 1. The number of urea groups is 1. The first-order chi connectivity index (χ1) is 9.40. The lowest BCUT2D eigenvalue weighted by Gasteiger charge is -2.22. The number of rotatable bonds is 2. The Balaban J connectivity index is 2.15. The molecule has 6 nitrogen and oxygen atoms in total. The molecule has 2 atom stereocenters.